The van der Waals surface area contributed by atoms with Crippen molar-refractivity contribution in [3.8, 4) is 11.5 Å². The predicted molar refractivity (Wildman–Crippen MR) is 275 cm³/mol. The molecule has 0 saturated carbocycles. The van der Waals surface area contributed by atoms with Crippen LogP contribution in [0.4, 0.5) is 17.1 Å². The molecule has 4 aromatic rings. The number of methoxy groups -OCH3 is 1. The highest BCUT2D eigenvalue weighted by Gasteiger charge is 2.38. The molecular formula is C54H65N5O9S2. The molecule has 0 aromatic heterocycles. The number of hydrogen-bond acceptors (Lipinski definition) is 12. The average Bonchev–Trinajstić information content (AvgIpc) is 3.64. The Morgan fingerprint density at radius 1 is 0.729 bits per heavy atom. The molecule has 1 aliphatic heterocycles. The van der Waals surface area contributed by atoms with Crippen LogP contribution in [0, 0.1) is 0 Å². The van der Waals surface area contributed by atoms with Crippen molar-refractivity contribution in [3.63, 3.8) is 0 Å². The summed E-state index contributed by atoms with van der Waals surface area (Å²) >= 11 is 0. The number of allylic oxidation sites excluding steroid dienone is 3. The van der Waals surface area contributed by atoms with Crippen LogP contribution in [0.2, 0.25) is 0 Å². The number of para-hydroxylation sites is 1. The van der Waals surface area contributed by atoms with E-state index >= 15 is 0 Å². The van der Waals surface area contributed by atoms with Crippen molar-refractivity contribution in [2.75, 3.05) is 23.4 Å². The molecule has 0 radical (unpaired) electrons. The number of carbonyl (C=O) groups is 3. The molecule has 1 aliphatic carbocycles. The number of sulfone groups is 1. The van der Waals surface area contributed by atoms with Crippen molar-refractivity contribution in [1.29, 1.82) is 0 Å². The zero-order valence-corrected chi connectivity index (χ0v) is 42.5. The van der Waals surface area contributed by atoms with Crippen molar-refractivity contribution >= 4 is 65.7 Å². The molecule has 14 nitrogen and oxygen atoms in total. The van der Waals surface area contributed by atoms with Crippen molar-refractivity contribution in [2.45, 2.75) is 139 Å². The van der Waals surface area contributed by atoms with E-state index in [0.29, 0.717) is 29.3 Å². The molecule has 2 atom stereocenters. The number of rotatable bonds is 27. The molecule has 1 amide bonds. The summed E-state index contributed by atoms with van der Waals surface area (Å²) in [4.78, 5) is 40.1. The molecule has 0 saturated heterocycles. The first kappa shape index (κ1) is 53.1. The fourth-order valence-electron chi connectivity index (χ4n) is 8.44. The van der Waals surface area contributed by atoms with E-state index in [9.17, 15) is 31.2 Å². The summed E-state index contributed by atoms with van der Waals surface area (Å²) in [6, 6.07) is 23.6. The second kappa shape index (κ2) is 25.0. The zero-order chi connectivity index (χ0) is 50.3. The molecule has 6 rings (SSSR count). The lowest BCUT2D eigenvalue weighted by molar-refractivity contribution is -0.118. The standard InChI is InChI=1S/C54H65N5O9S2/c1-6-7-8-9-10-11-12-13-14-15-16-17-18-22-35-68-44-29-25-41(26-30-44)51-50(48(60)36-38(2)53(51)61)40(4)69(63,64)45-31-27-42(28-32-45)58-70(65,66)46-33-34-49(67-5)47(37-46)55-56-52-39(3)57-59(54(52)62)43-23-20-19-21-24-43/h19-21,23-34,36-37,40,52,58H,6-18,22,35H2,1-5H3. The number of anilines is 2. The van der Waals surface area contributed by atoms with Gasteiger partial charge in [0, 0.05) is 22.4 Å². The first-order valence-corrected chi connectivity index (χ1v) is 27.3. The second-order valence-electron chi connectivity index (χ2n) is 17.8. The Labute approximate surface area is 413 Å². The Morgan fingerprint density at radius 2 is 1.31 bits per heavy atom. The summed E-state index contributed by atoms with van der Waals surface area (Å²) in [6.45, 7) is 7.33. The van der Waals surface area contributed by atoms with Gasteiger partial charge in [-0.05, 0) is 106 Å². The van der Waals surface area contributed by atoms with Gasteiger partial charge < -0.3 is 9.47 Å². The number of benzene rings is 4. The quantitative estimate of drug-likeness (QED) is 0.0344. The Hall–Kier alpha value is -6.26. The average molecular weight is 992 g/mol. The minimum atomic E-state index is -4.30. The van der Waals surface area contributed by atoms with Gasteiger partial charge in [-0.25, -0.2) is 16.8 Å². The lowest BCUT2D eigenvalue weighted by atomic mass is 9.84. The van der Waals surface area contributed by atoms with Gasteiger partial charge in [-0.15, -0.1) is 0 Å². The molecule has 2 unspecified atom stereocenters. The van der Waals surface area contributed by atoms with Crippen LogP contribution in [0.15, 0.2) is 139 Å². The van der Waals surface area contributed by atoms with Crippen LogP contribution in [0.1, 0.15) is 123 Å². The van der Waals surface area contributed by atoms with Gasteiger partial charge in [0.25, 0.3) is 15.9 Å². The molecule has 1 heterocycles. The Bertz CT molecular complexity index is 2820. The highest BCUT2D eigenvalue weighted by atomic mass is 32.2. The molecule has 372 valence electrons. The smallest absolute Gasteiger partial charge is 0.280 e. The summed E-state index contributed by atoms with van der Waals surface area (Å²) < 4.78 is 69.5. The van der Waals surface area contributed by atoms with E-state index in [1.165, 1.54) is 145 Å². The van der Waals surface area contributed by atoms with Crippen LogP contribution in [0.3, 0.4) is 0 Å². The number of nitrogens with one attached hydrogen (secondary N) is 1. The minimum absolute atomic E-state index is 0.00893. The number of amides is 1. The maximum Gasteiger partial charge on any atom is 0.280 e. The largest absolute Gasteiger partial charge is 0.494 e. The predicted octanol–water partition coefficient (Wildman–Crippen LogP) is 11.9. The molecule has 4 aromatic carbocycles. The summed E-state index contributed by atoms with van der Waals surface area (Å²) in [5.74, 6) is -0.663. The summed E-state index contributed by atoms with van der Waals surface area (Å²) in [7, 11) is -7.20. The van der Waals surface area contributed by atoms with E-state index in [1.807, 2.05) is 6.07 Å². The molecule has 70 heavy (non-hydrogen) atoms. The third kappa shape index (κ3) is 13.5. The highest BCUT2D eigenvalue weighted by Crippen LogP contribution is 2.36. The molecule has 1 N–H and O–H groups in total. The van der Waals surface area contributed by atoms with E-state index in [4.69, 9.17) is 9.47 Å². The number of carbonyl (C=O) groups excluding carboxylic acids is 3. The Kier molecular flexibility index (Phi) is 19.0. The van der Waals surface area contributed by atoms with Crippen LogP contribution in [0.25, 0.3) is 5.57 Å². The van der Waals surface area contributed by atoms with Crippen molar-refractivity contribution < 1.29 is 40.7 Å². The highest BCUT2D eigenvalue weighted by molar-refractivity contribution is 7.93. The van der Waals surface area contributed by atoms with E-state index in [2.05, 4.69) is 27.0 Å². The molecule has 0 bridgehead atoms. The molecule has 16 heteroatoms. The fourth-order valence-corrected chi connectivity index (χ4v) is 11.0. The second-order valence-corrected chi connectivity index (χ2v) is 21.7. The van der Waals surface area contributed by atoms with Crippen molar-refractivity contribution in [3.05, 3.63) is 120 Å². The molecule has 2 aliphatic rings. The number of nitrogens with zero attached hydrogens (tertiary/aromatic N) is 4. The molecular weight excluding hydrogens is 927 g/mol. The van der Waals surface area contributed by atoms with Gasteiger partial charge in [0.2, 0.25) is 0 Å². The van der Waals surface area contributed by atoms with Gasteiger partial charge in [-0.1, -0.05) is 121 Å². The number of ketones is 2. The minimum Gasteiger partial charge on any atom is -0.494 e. The topological polar surface area (TPSA) is 190 Å². The van der Waals surface area contributed by atoms with Crippen molar-refractivity contribution in [1.82, 2.24) is 0 Å². The summed E-state index contributed by atoms with van der Waals surface area (Å²) in [5, 5.41) is 12.5. The first-order valence-electron chi connectivity index (χ1n) is 24.3. The van der Waals surface area contributed by atoms with Gasteiger partial charge in [0.1, 0.15) is 17.2 Å². The molecule has 0 fully saturated rings. The number of sulfonamides is 1. The van der Waals surface area contributed by atoms with E-state index in [1.54, 1.807) is 55.5 Å². The normalized spacial score (nSPS) is 15.9. The van der Waals surface area contributed by atoms with Crippen LogP contribution < -0.4 is 19.2 Å². The third-order valence-electron chi connectivity index (χ3n) is 12.5. The van der Waals surface area contributed by atoms with Crippen LogP contribution in [-0.2, 0) is 34.2 Å². The first-order chi connectivity index (χ1) is 33.7. The van der Waals surface area contributed by atoms with Gasteiger partial charge in [0.15, 0.2) is 27.4 Å². The zero-order valence-electron chi connectivity index (χ0n) is 40.9. The fraction of sp³-hybridized carbons (Fsp3) is 0.407. The number of azo groups is 1. The molecule has 0 spiro atoms. The number of Topliss-reactive ketones (excluding diaryl/α,β-unsaturated/α-hetero) is 1. The Balaban J connectivity index is 1.06. The monoisotopic (exact) mass is 991 g/mol. The van der Waals surface area contributed by atoms with E-state index in [0.717, 1.165) is 18.9 Å². The van der Waals surface area contributed by atoms with E-state index in [-0.39, 0.29) is 43.6 Å². The maximum atomic E-state index is 14.2. The number of hydrogen-bond donors (Lipinski definition) is 1. The van der Waals surface area contributed by atoms with Crippen molar-refractivity contribution in [2.24, 2.45) is 15.3 Å². The van der Waals surface area contributed by atoms with E-state index < -0.39 is 48.6 Å². The third-order valence-corrected chi connectivity index (χ3v) is 16.0. The number of ether oxygens (including phenoxy) is 2. The Morgan fingerprint density at radius 3 is 1.91 bits per heavy atom. The SMILES string of the molecule is CCCCCCCCCCCCCCCCOc1ccc(C2=C(C(C)S(=O)(=O)c3ccc(NS(=O)(=O)c4ccc(OC)c(N=NC5C(=O)N(c6ccccc6)N=C5C)c4)cc3)C(=O)C=C(C)C2=O)cc1. The van der Waals surface area contributed by atoms with Crippen LogP contribution >= 0.6 is 0 Å². The maximum absolute atomic E-state index is 14.2. The number of unbranched alkanes of at least 4 members (excludes halogenated alkanes) is 13. The summed E-state index contributed by atoms with van der Waals surface area (Å²) in [5.41, 5.74) is 1.48. The van der Waals surface area contributed by atoms with Gasteiger partial charge >= 0.3 is 0 Å². The van der Waals surface area contributed by atoms with Crippen LogP contribution in [-0.4, -0.2) is 65.0 Å². The lowest BCUT2D eigenvalue weighted by Crippen LogP contribution is -2.29. The van der Waals surface area contributed by atoms with Crippen LogP contribution in [0.5, 0.6) is 11.5 Å². The van der Waals surface area contributed by atoms with Gasteiger partial charge in [-0.3, -0.25) is 19.1 Å². The summed E-state index contributed by atoms with van der Waals surface area (Å²) in [6.07, 6.45) is 18.9. The lowest BCUT2D eigenvalue weighted by Gasteiger charge is -2.23. The number of hydrazone groups is 1. The van der Waals surface area contributed by atoms with Gasteiger partial charge in [0.05, 0.1) is 40.2 Å². The van der Waals surface area contributed by atoms with Gasteiger partial charge in [-0.2, -0.15) is 20.3 Å².